The molecule has 2 N–H and O–H groups in total. The standard InChI is InChI=1S/C14H22N4O3/c1-10(19)16-11-3-6-18(8-11)13(20)12-7-14(21-17-12)4-2-5-15-9-14/h11,15H,2-9H2,1H3,(H,16,19)/t11-,14?/m0/s1. The molecule has 0 aromatic rings. The number of carbonyl (C=O) groups excluding carboxylic acids is 2. The third-order valence-corrected chi connectivity index (χ3v) is 4.40. The molecule has 3 aliphatic heterocycles. The summed E-state index contributed by atoms with van der Waals surface area (Å²) in [5.74, 6) is -0.103. The minimum Gasteiger partial charge on any atom is -0.387 e. The summed E-state index contributed by atoms with van der Waals surface area (Å²) in [5, 5.41) is 10.2. The SMILES string of the molecule is CC(=O)N[C@H]1CCN(C(=O)C2=NOC3(CCCNC3)C2)C1. The maximum atomic E-state index is 12.5. The minimum atomic E-state index is -0.319. The second kappa shape index (κ2) is 5.63. The number of likely N-dealkylation sites (tertiary alicyclic amines) is 1. The average molecular weight is 294 g/mol. The van der Waals surface area contributed by atoms with Crippen molar-refractivity contribution >= 4 is 17.5 Å². The highest BCUT2D eigenvalue weighted by atomic mass is 16.7. The third kappa shape index (κ3) is 3.02. The molecule has 0 radical (unpaired) electrons. The van der Waals surface area contributed by atoms with E-state index in [0.717, 1.165) is 32.4 Å². The van der Waals surface area contributed by atoms with Crippen LogP contribution in [-0.4, -0.2) is 60.2 Å². The number of nitrogens with one attached hydrogen (secondary N) is 2. The lowest BCUT2D eigenvalue weighted by atomic mass is 9.89. The van der Waals surface area contributed by atoms with Gasteiger partial charge in [-0.05, 0) is 25.8 Å². The lowest BCUT2D eigenvalue weighted by Gasteiger charge is -2.31. The number of oxime groups is 1. The Labute approximate surface area is 124 Å². The van der Waals surface area contributed by atoms with Crippen molar-refractivity contribution in [3.63, 3.8) is 0 Å². The Morgan fingerprint density at radius 2 is 2.38 bits per heavy atom. The molecule has 3 aliphatic rings. The summed E-state index contributed by atoms with van der Waals surface area (Å²) in [6, 6.07) is 0.0553. The first-order chi connectivity index (χ1) is 10.1. The zero-order valence-corrected chi connectivity index (χ0v) is 12.4. The van der Waals surface area contributed by atoms with Crippen LogP contribution in [0, 0.1) is 0 Å². The monoisotopic (exact) mass is 294 g/mol. The normalized spacial score (nSPS) is 32.0. The summed E-state index contributed by atoms with van der Waals surface area (Å²) in [5.41, 5.74) is 0.196. The Kier molecular flexibility index (Phi) is 3.84. The molecule has 3 rings (SSSR count). The summed E-state index contributed by atoms with van der Waals surface area (Å²) in [7, 11) is 0. The molecule has 1 spiro atoms. The summed E-state index contributed by atoms with van der Waals surface area (Å²) >= 11 is 0. The van der Waals surface area contributed by atoms with Crippen LogP contribution in [0.15, 0.2) is 5.16 Å². The van der Waals surface area contributed by atoms with E-state index in [2.05, 4.69) is 15.8 Å². The molecule has 7 nitrogen and oxygen atoms in total. The zero-order chi connectivity index (χ0) is 14.9. The van der Waals surface area contributed by atoms with Gasteiger partial charge >= 0.3 is 0 Å². The van der Waals surface area contributed by atoms with E-state index in [-0.39, 0.29) is 23.5 Å². The first kappa shape index (κ1) is 14.3. The highest BCUT2D eigenvalue weighted by Gasteiger charge is 2.43. The topological polar surface area (TPSA) is 83.0 Å². The van der Waals surface area contributed by atoms with Crippen LogP contribution in [0.4, 0.5) is 0 Å². The zero-order valence-electron chi connectivity index (χ0n) is 12.4. The Morgan fingerprint density at radius 3 is 3.10 bits per heavy atom. The number of nitrogens with zero attached hydrogens (tertiary/aromatic N) is 2. The predicted octanol–water partition coefficient (Wildman–Crippen LogP) is -0.378. The third-order valence-electron chi connectivity index (χ3n) is 4.40. The van der Waals surface area contributed by atoms with Crippen LogP contribution in [0.1, 0.15) is 32.6 Å². The first-order valence-corrected chi connectivity index (χ1v) is 7.60. The Bertz CT molecular complexity index is 471. The van der Waals surface area contributed by atoms with Gasteiger partial charge in [-0.15, -0.1) is 0 Å². The largest absolute Gasteiger partial charge is 0.387 e. The lowest BCUT2D eigenvalue weighted by Crippen LogP contribution is -2.47. The number of amides is 2. The van der Waals surface area contributed by atoms with Gasteiger partial charge in [0.15, 0.2) is 5.60 Å². The van der Waals surface area contributed by atoms with Gasteiger partial charge in [0, 0.05) is 39.0 Å². The van der Waals surface area contributed by atoms with Crippen LogP contribution in [0.2, 0.25) is 0 Å². The van der Waals surface area contributed by atoms with E-state index in [1.807, 2.05) is 0 Å². The van der Waals surface area contributed by atoms with Crippen LogP contribution in [-0.2, 0) is 14.4 Å². The molecule has 116 valence electrons. The van der Waals surface area contributed by atoms with Crippen molar-refractivity contribution in [1.29, 1.82) is 0 Å². The van der Waals surface area contributed by atoms with E-state index in [1.165, 1.54) is 6.92 Å². The second-order valence-corrected chi connectivity index (χ2v) is 6.21. The highest BCUT2D eigenvalue weighted by Crippen LogP contribution is 2.31. The number of carbonyl (C=O) groups is 2. The van der Waals surface area contributed by atoms with Crippen molar-refractivity contribution < 1.29 is 14.4 Å². The molecule has 2 saturated heterocycles. The van der Waals surface area contributed by atoms with E-state index in [9.17, 15) is 9.59 Å². The van der Waals surface area contributed by atoms with Crippen LogP contribution >= 0.6 is 0 Å². The maximum absolute atomic E-state index is 12.5. The van der Waals surface area contributed by atoms with Gasteiger partial charge in [0.25, 0.3) is 5.91 Å². The van der Waals surface area contributed by atoms with E-state index in [4.69, 9.17) is 4.84 Å². The summed E-state index contributed by atoms with van der Waals surface area (Å²) in [6.45, 7) is 4.47. The fraction of sp³-hybridized carbons (Fsp3) is 0.786. The number of hydrogen-bond donors (Lipinski definition) is 2. The van der Waals surface area contributed by atoms with Gasteiger partial charge in [0.05, 0.1) is 0 Å². The molecule has 2 atom stereocenters. The fourth-order valence-corrected chi connectivity index (χ4v) is 3.34. The van der Waals surface area contributed by atoms with Crippen LogP contribution in [0.25, 0.3) is 0 Å². The van der Waals surface area contributed by atoms with Crippen LogP contribution in [0.3, 0.4) is 0 Å². The highest BCUT2D eigenvalue weighted by molar-refractivity contribution is 6.39. The smallest absolute Gasteiger partial charge is 0.271 e. The molecule has 0 aliphatic carbocycles. The molecule has 3 heterocycles. The maximum Gasteiger partial charge on any atom is 0.271 e. The van der Waals surface area contributed by atoms with Crippen molar-refractivity contribution in [3.8, 4) is 0 Å². The Hall–Kier alpha value is -1.63. The molecule has 7 heteroatoms. The van der Waals surface area contributed by atoms with Crippen molar-refractivity contribution in [1.82, 2.24) is 15.5 Å². The number of hydrogen-bond acceptors (Lipinski definition) is 5. The Morgan fingerprint density at radius 1 is 1.52 bits per heavy atom. The lowest BCUT2D eigenvalue weighted by molar-refractivity contribution is -0.124. The van der Waals surface area contributed by atoms with E-state index in [1.54, 1.807) is 4.90 Å². The molecule has 2 fully saturated rings. The van der Waals surface area contributed by atoms with Crippen LogP contribution < -0.4 is 10.6 Å². The summed E-state index contributed by atoms with van der Waals surface area (Å²) in [6.07, 6.45) is 3.37. The van der Waals surface area contributed by atoms with E-state index in [0.29, 0.717) is 25.2 Å². The molecule has 1 unspecified atom stereocenters. The molecule has 0 aromatic carbocycles. The molecule has 2 amide bonds. The van der Waals surface area contributed by atoms with Gasteiger partial charge in [-0.2, -0.15) is 0 Å². The molecular weight excluding hydrogens is 272 g/mol. The Balaban J connectivity index is 1.56. The van der Waals surface area contributed by atoms with Gasteiger partial charge in [0.1, 0.15) is 5.71 Å². The van der Waals surface area contributed by atoms with Crippen molar-refractivity contribution in [2.24, 2.45) is 5.16 Å². The summed E-state index contributed by atoms with van der Waals surface area (Å²) < 4.78 is 0. The van der Waals surface area contributed by atoms with Gasteiger partial charge < -0.3 is 20.4 Å². The van der Waals surface area contributed by atoms with Crippen molar-refractivity contribution in [2.75, 3.05) is 26.2 Å². The molecule has 0 saturated carbocycles. The first-order valence-electron chi connectivity index (χ1n) is 7.60. The van der Waals surface area contributed by atoms with E-state index >= 15 is 0 Å². The number of piperidine rings is 1. The molecular formula is C14H22N4O3. The van der Waals surface area contributed by atoms with Gasteiger partial charge in [-0.1, -0.05) is 5.16 Å². The number of rotatable bonds is 2. The van der Waals surface area contributed by atoms with Gasteiger partial charge in [-0.3, -0.25) is 9.59 Å². The second-order valence-electron chi connectivity index (χ2n) is 6.21. The van der Waals surface area contributed by atoms with E-state index < -0.39 is 0 Å². The molecule has 21 heavy (non-hydrogen) atoms. The average Bonchev–Trinajstić information content (AvgIpc) is 3.06. The quantitative estimate of drug-likeness (QED) is 0.727. The molecule has 0 bridgehead atoms. The van der Waals surface area contributed by atoms with Crippen molar-refractivity contribution in [3.05, 3.63) is 0 Å². The van der Waals surface area contributed by atoms with Crippen LogP contribution in [0.5, 0.6) is 0 Å². The van der Waals surface area contributed by atoms with Gasteiger partial charge in [-0.25, -0.2) is 0 Å². The molecule has 0 aromatic heterocycles. The van der Waals surface area contributed by atoms with Crippen molar-refractivity contribution in [2.45, 2.75) is 44.2 Å². The fourth-order valence-electron chi connectivity index (χ4n) is 3.34. The van der Waals surface area contributed by atoms with Gasteiger partial charge in [0.2, 0.25) is 5.91 Å². The predicted molar refractivity (Wildman–Crippen MR) is 76.8 cm³/mol. The summed E-state index contributed by atoms with van der Waals surface area (Å²) in [4.78, 5) is 30.9. The minimum absolute atomic E-state index is 0.0506.